The van der Waals surface area contributed by atoms with Crippen LogP contribution in [-0.4, -0.2) is 35.6 Å². The molecule has 4 aromatic rings. The summed E-state index contributed by atoms with van der Waals surface area (Å²) < 4.78 is 7.15. The van der Waals surface area contributed by atoms with Gasteiger partial charge in [-0.1, -0.05) is 18.2 Å². The molecule has 0 fully saturated rings. The number of hydrogen-bond donors (Lipinski definition) is 0. The van der Waals surface area contributed by atoms with Crippen molar-refractivity contribution in [3.63, 3.8) is 0 Å². The highest BCUT2D eigenvalue weighted by Gasteiger charge is 2.28. The van der Waals surface area contributed by atoms with Gasteiger partial charge in [0.1, 0.15) is 12.1 Å². The highest BCUT2D eigenvalue weighted by atomic mass is 32.1. The molecule has 0 spiro atoms. The Morgan fingerprint density at radius 1 is 1.04 bits per heavy atom. The van der Waals surface area contributed by atoms with Crippen molar-refractivity contribution in [2.24, 2.45) is 0 Å². The van der Waals surface area contributed by atoms with E-state index >= 15 is 0 Å². The van der Waals surface area contributed by atoms with Gasteiger partial charge in [-0.05, 0) is 47.3 Å². The first-order valence-electron chi connectivity index (χ1n) is 9.35. The van der Waals surface area contributed by atoms with Crippen LogP contribution < -0.4 is 4.74 Å². The Bertz CT molecular complexity index is 1140. The standard InChI is InChI=1S/C23H21N3OS/c1-26-12-16-9-15(17-10-24-14-25-11-17)3-4-18(16)21(13-26)19-5-6-22-20(7-8-28-22)23(19)27-2/h3-11,14,21H,12-13H2,1-2H3. The SMILES string of the molecule is COc1c(C2CN(C)Cc3cc(-c4cncnc4)ccc32)ccc2sccc12. The third-order valence-electron chi connectivity index (χ3n) is 5.54. The highest BCUT2D eigenvalue weighted by molar-refractivity contribution is 7.17. The molecule has 1 atom stereocenters. The molecule has 1 unspecified atom stereocenters. The summed E-state index contributed by atoms with van der Waals surface area (Å²) in [6.07, 6.45) is 5.30. The molecule has 140 valence electrons. The van der Waals surface area contributed by atoms with Gasteiger partial charge in [0.15, 0.2) is 0 Å². The zero-order chi connectivity index (χ0) is 19.1. The van der Waals surface area contributed by atoms with Gasteiger partial charge in [0.05, 0.1) is 7.11 Å². The summed E-state index contributed by atoms with van der Waals surface area (Å²) in [6.45, 7) is 1.92. The van der Waals surface area contributed by atoms with Gasteiger partial charge in [0.2, 0.25) is 0 Å². The fraction of sp³-hybridized carbons (Fsp3) is 0.217. The van der Waals surface area contributed by atoms with Crippen molar-refractivity contribution >= 4 is 21.4 Å². The number of aromatic nitrogens is 2. The van der Waals surface area contributed by atoms with Gasteiger partial charge in [-0.2, -0.15) is 0 Å². The van der Waals surface area contributed by atoms with Gasteiger partial charge < -0.3 is 9.64 Å². The summed E-state index contributed by atoms with van der Waals surface area (Å²) in [5.74, 6) is 1.29. The first-order valence-corrected chi connectivity index (χ1v) is 10.2. The van der Waals surface area contributed by atoms with Crippen LogP contribution in [0.3, 0.4) is 0 Å². The monoisotopic (exact) mass is 387 g/mol. The Morgan fingerprint density at radius 2 is 1.86 bits per heavy atom. The molecule has 0 N–H and O–H groups in total. The van der Waals surface area contributed by atoms with Gasteiger partial charge in [-0.3, -0.25) is 0 Å². The molecular formula is C23H21N3OS. The van der Waals surface area contributed by atoms with Crippen LogP contribution in [0.2, 0.25) is 0 Å². The molecule has 1 aliphatic rings. The van der Waals surface area contributed by atoms with Crippen LogP contribution in [0.15, 0.2) is 60.5 Å². The second-order valence-corrected chi connectivity index (χ2v) is 8.26. The summed E-state index contributed by atoms with van der Waals surface area (Å²) in [7, 11) is 3.96. The normalized spacial score (nSPS) is 16.9. The van der Waals surface area contributed by atoms with Crippen molar-refractivity contribution in [3.8, 4) is 16.9 Å². The van der Waals surface area contributed by atoms with E-state index in [4.69, 9.17) is 4.74 Å². The number of nitrogens with zero attached hydrogens (tertiary/aromatic N) is 3. The largest absolute Gasteiger partial charge is 0.496 e. The maximum atomic E-state index is 5.89. The maximum Gasteiger partial charge on any atom is 0.131 e. The molecule has 3 heterocycles. The Morgan fingerprint density at radius 3 is 2.68 bits per heavy atom. The summed E-state index contributed by atoms with van der Waals surface area (Å²) >= 11 is 1.76. The Kier molecular flexibility index (Phi) is 4.34. The number of methoxy groups -OCH3 is 1. The second-order valence-electron chi connectivity index (χ2n) is 7.31. The van der Waals surface area contributed by atoms with Gasteiger partial charge in [-0.15, -0.1) is 11.3 Å². The molecule has 0 amide bonds. The van der Waals surface area contributed by atoms with E-state index in [1.54, 1.807) is 24.8 Å². The van der Waals surface area contributed by atoms with E-state index in [2.05, 4.69) is 63.7 Å². The minimum Gasteiger partial charge on any atom is -0.496 e. The Labute approximate surface area is 168 Å². The Balaban J connectivity index is 1.64. The third kappa shape index (κ3) is 2.87. The van der Waals surface area contributed by atoms with Crippen molar-refractivity contribution in [3.05, 3.63) is 77.2 Å². The number of hydrogen-bond acceptors (Lipinski definition) is 5. The summed E-state index contributed by atoms with van der Waals surface area (Å²) in [6, 6.07) is 13.4. The van der Waals surface area contributed by atoms with Crippen molar-refractivity contribution in [2.75, 3.05) is 20.7 Å². The molecule has 1 aliphatic heterocycles. The molecule has 0 radical (unpaired) electrons. The average Bonchev–Trinajstić information content (AvgIpc) is 3.21. The van der Waals surface area contributed by atoms with Crippen LogP contribution in [0.5, 0.6) is 5.75 Å². The number of likely N-dealkylation sites (N-methyl/N-ethyl adjacent to an activating group) is 1. The quantitative estimate of drug-likeness (QED) is 0.499. The van der Waals surface area contributed by atoms with Crippen LogP contribution in [-0.2, 0) is 6.54 Å². The molecular weight excluding hydrogens is 366 g/mol. The highest BCUT2D eigenvalue weighted by Crippen LogP contribution is 2.42. The zero-order valence-corrected chi connectivity index (χ0v) is 16.7. The van der Waals surface area contributed by atoms with Crippen molar-refractivity contribution < 1.29 is 4.74 Å². The number of ether oxygens (including phenoxy) is 1. The molecule has 0 bridgehead atoms. The molecule has 0 aliphatic carbocycles. The summed E-state index contributed by atoms with van der Waals surface area (Å²) in [4.78, 5) is 10.7. The lowest BCUT2D eigenvalue weighted by Gasteiger charge is -2.33. The van der Waals surface area contributed by atoms with Crippen molar-refractivity contribution in [1.29, 1.82) is 0 Å². The average molecular weight is 388 g/mol. The number of thiophene rings is 1. The van der Waals surface area contributed by atoms with E-state index in [0.717, 1.165) is 30.0 Å². The van der Waals surface area contributed by atoms with Crippen molar-refractivity contribution in [1.82, 2.24) is 14.9 Å². The van der Waals surface area contributed by atoms with E-state index in [1.807, 2.05) is 12.4 Å². The van der Waals surface area contributed by atoms with Gasteiger partial charge in [-0.25, -0.2) is 9.97 Å². The number of benzene rings is 2. The minimum absolute atomic E-state index is 0.286. The molecule has 28 heavy (non-hydrogen) atoms. The molecule has 2 aromatic carbocycles. The molecule has 0 saturated carbocycles. The Hall–Kier alpha value is -2.76. The smallest absolute Gasteiger partial charge is 0.131 e. The topological polar surface area (TPSA) is 38.2 Å². The molecule has 0 saturated heterocycles. The molecule has 4 nitrogen and oxygen atoms in total. The molecule has 5 heteroatoms. The van der Waals surface area contributed by atoms with E-state index in [-0.39, 0.29) is 5.92 Å². The van der Waals surface area contributed by atoms with E-state index in [0.29, 0.717) is 0 Å². The van der Waals surface area contributed by atoms with E-state index in [9.17, 15) is 0 Å². The lowest BCUT2D eigenvalue weighted by Crippen LogP contribution is -2.31. The molecule has 5 rings (SSSR count). The summed E-state index contributed by atoms with van der Waals surface area (Å²) in [5, 5.41) is 3.34. The van der Waals surface area contributed by atoms with Crippen molar-refractivity contribution in [2.45, 2.75) is 12.5 Å². The lowest BCUT2D eigenvalue weighted by molar-refractivity contribution is 0.292. The number of fused-ring (bicyclic) bond motifs is 2. The summed E-state index contributed by atoms with van der Waals surface area (Å²) in [5.41, 5.74) is 6.21. The van der Waals surface area contributed by atoms with Gasteiger partial charge in [0.25, 0.3) is 0 Å². The molecule has 2 aromatic heterocycles. The van der Waals surface area contributed by atoms with E-state index in [1.165, 1.54) is 26.8 Å². The fourth-order valence-electron chi connectivity index (χ4n) is 4.28. The van der Waals surface area contributed by atoms with Gasteiger partial charge >= 0.3 is 0 Å². The van der Waals surface area contributed by atoms with Crippen LogP contribution >= 0.6 is 11.3 Å². The minimum atomic E-state index is 0.286. The zero-order valence-electron chi connectivity index (χ0n) is 15.9. The lowest BCUT2D eigenvalue weighted by atomic mass is 9.83. The van der Waals surface area contributed by atoms with Crippen LogP contribution in [0, 0.1) is 0 Å². The predicted octanol–water partition coefficient (Wildman–Crippen LogP) is 4.94. The van der Waals surface area contributed by atoms with Crippen LogP contribution in [0.1, 0.15) is 22.6 Å². The van der Waals surface area contributed by atoms with Crippen LogP contribution in [0.4, 0.5) is 0 Å². The third-order valence-corrected chi connectivity index (χ3v) is 6.42. The maximum absolute atomic E-state index is 5.89. The fourth-order valence-corrected chi connectivity index (χ4v) is 5.06. The first kappa shape index (κ1) is 17.3. The van der Waals surface area contributed by atoms with E-state index < -0.39 is 0 Å². The van der Waals surface area contributed by atoms with Crippen LogP contribution in [0.25, 0.3) is 21.2 Å². The van der Waals surface area contributed by atoms with Gasteiger partial charge in [0, 0.05) is 52.6 Å². The number of rotatable bonds is 3. The predicted molar refractivity (Wildman–Crippen MR) is 114 cm³/mol. The first-order chi connectivity index (χ1) is 13.7. The second kappa shape index (κ2) is 7.00.